The van der Waals surface area contributed by atoms with Crippen molar-refractivity contribution in [2.45, 2.75) is 39.0 Å². The lowest BCUT2D eigenvalue weighted by Crippen LogP contribution is -1.96. The maximum Gasteiger partial charge on any atom is -0.0279 e. The molecule has 1 aliphatic rings. The molecule has 0 unspecified atom stereocenters. The zero-order chi connectivity index (χ0) is 7.40. The molecule has 0 N–H and O–H groups in total. The van der Waals surface area contributed by atoms with Crippen molar-refractivity contribution in [1.82, 2.24) is 0 Å². The van der Waals surface area contributed by atoms with Gasteiger partial charge < -0.3 is 0 Å². The van der Waals surface area contributed by atoms with E-state index in [0.29, 0.717) is 0 Å². The van der Waals surface area contributed by atoms with Crippen molar-refractivity contribution in [3.05, 3.63) is 23.8 Å². The van der Waals surface area contributed by atoms with Crippen LogP contribution >= 0.6 is 0 Å². The summed E-state index contributed by atoms with van der Waals surface area (Å²) in [6, 6.07) is 0. The van der Waals surface area contributed by atoms with Crippen LogP contribution in [0.25, 0.3) is 0 Å². The SMILES string of the molecule is C=C1CCCC/C1=C/CC. The summed E-state index contributed by atoms with van der Waals surface area (Å²) in [7, 11) is 0. The summed E-state index contributed by atoms with van der Waals surface area (Å²) in [6.07, 6.45) is 8.69. The Morgan fingerprint density at radius 3 is 2.70 bits per heavy atom. The van der Waals surface area contributed by atoms with Crippen LogP contribution in [0.1, 0.15) is 39.0 Å². The van der Waals surface area contributed by atoms with Crippen LogP contribution in [0.15, 0.2) is 23.8 Å². The molecule has 0 aliphatic heterocycles. The Morgan fingerprint density at radius 2 is 2.10 bits per heavy atom. The van der Waals surface area contributed by atoms with E-state index in [-0.39, 0.29) is 0 Å². The quantitative estimate of drug-likeness (QED) is 0.518. The Hall–Kier alpha value is -0.520. The van der Waals surface area contributed by atoms with Crippen LogP contribution in [0.4, 0.5) is 0 Å². The molecule has 1 saturated carbocycles. The summed E-state index contributed by atoms with van der Waals surface area (Å²) in [5.41, 5.74) is 2.90. The van der Waals surface area contributed by atoms with Crippen LogP contribution in [0.5, 0.6) is 0 Å². The van der Waals surface area contributed by atoms with Gasteiger partial charge in [-0.3, -0.25) is 0 Å². The first-order valence-corrected chi connectivity index (χ1v) is 4.21. The molecule has 1 aliphatic carbocycles. The van der Waals surface area contributed by atoms with Crippen LogP contribution in [0.2, 0.25) is 0 Å². The molecule has 0 radical (unpaired) electrons. The van der Waals surface area contributed by atoms with Crippen LogP contribution in [0, 0.1) is 0 Å². The molecule has 0 heterocycles. The molecule has 0 nitrogen and oxygen atoms in total. The Balaban J connectivity index is 2.56. The average Bonchev–Trinajstić information content (AvgIpc) is 1.94. The molecular weight excluding hydrogens is 120 g/mol. The molecule has 10 heavy (non-hydrogen) atoms. The predicted molar refractivity (Wildman–Crippen MR) is 46.0 cm³/mol. The van der Waals surface area contributed by atoms with E-state index in [9.17, 15) is 0 Å². The molecule has 0 amide bonds. The highest BCUT2D eigenvalue weighted by atomic mass is 14.1. The third-order valence-corrected chi connectivity index (χ3v) is 2.08. The van der Waals surface area contributed by atoms with Gasteiger partial charge >= 0.3 is 0 Å². The minimum Gasteiger partial charge on any atom is -0.0956 e. The second kappa shape index (κ2) is 3.60. The van der Waals surface area contributed by atoms with E-state index in [4.69, 9.17) is 0 Å². The fourth-order valence-electron chi connectivity index (χ4n) is 1.48. The lowest BCUT2D eigenvalue weighted by molar-refractivity contribution is 0.678. The lowest BCUT2D eigenvalue weighted by Gasteiger charge is -2.16. The largest absolute Gasteiger partial charge is 0.0956 e. The van der Waals surface area contributed by atoms with Crippen molar-refractivity contribution < 1.29 is 0 Å². The monoisotopic (exact) mass is 136 g/mol. The van der Waals surface area contributed by atoms with Crippen molar-refractivity contribution >= 4 is 0 Å². The Kier molecular flexibility index (Phi) is 2.73. The lowest BCUT2D eigenvalue weighted by atomic mass is 9.90. The molecule has 1 fully saturated rings. The third kappa shape index (κ3) is 1.73. The second-order valence-corrected chi connectivity index (χ2v) is 2.95. The Morgan fingerprint density at radius 1 is 1.40 bits per heavy atom. The van der Waals surface area contributed by atoms with Gasteiger partial charge in [0.25, 0.3) is 0 Å². The zero-order valence-electron chi connectivity index (χ0n) is 6.82. The highest BCUT2D eigenvalue weighted by Gasteiger charge is 2.07. The van der Waals surface area contributed by atoms with E-state index in [0.717, 1.165) is 6.42 Å². The number of hydrogen-bond acceptors (Lipinski definition) is 0. The number of allylic oxidation sites excluding steroid dienone is 3. The summed E-state index contributed by atoms with van der Waals surface area (Å²) in [5.74, 6) is 0. The number of hydrogen-bond donors (Lipinski definition) is 0. The first-order valence-electron chi connectivity index (χ1n) is 4.21. The van der Waals surface area contributed by atoms with Gasteiger partial charge in [-0.1, -0.05) is 25.2 Å². The van der Waals surface area contributed by atoms with E-state index in [1.54, 1.807) is 0 Å². The summed E-state index contributed by atoms with van der Waals surface area (Å²) >= 11 is 0. The zero-order valence-corrected chi connectivity index (χ0v) is 6.82. The molecule has 0 spiro atoms. The molecule has 56 valence electrons. The van der Waals surface area contributed by atoms with E-state index < -0.39 is 0 Å². The molecule has 0 saturated heterocycles. The molecule has 0 heteroatoms. The molecule has 0 bridgehead atoms. The van der Waals surface area contributed by atoms with Gasteiger partial charge in [-0.2, -0.15) is 0 Å². The summed E-state index contributed by atoms with van der Waals surface area (Å²) < 4.78 is 0. The minimum absolute atomic E-state index is 1.16. The van der Waals surface area contributed by atoms with Crippen molar-refractivity contribution in [3.63, 3.8) is 0 Å². The first-order chi connectivity index (χ1) is 4.84. The third-order valence-electron chi connectivity index (χ3n) is 2.08. The van der Waals surface area contributed by atoms with Gasteiger partial charge in [0.1, 0.15) is 0 Å². The van der Waals surface area contributed by atoms with E-state index in [2.05, 4.69) is 19.6 Å². The first kappa shape index (κ1) is 7.59. The normalized spacial score (nSPS) is 23.7. The topological polar surface area (TPSA) is 0 Å². The van der Waals surface area contributed by atoms with Gasteiger partial charge in [0, 0.05) is 0 Å². The Labute approximate surface area is 63.6 Å². The van der Waals surface area contributed by atoms with Crippen LogP contribution < -0.4 is 0 Å². The molecule has 1 rings (SSSR count). The molecule has 0 aromatic carbocycles. The highest BCUT2D eigenvalue weighted by molar-refractivity contribution is 5.29. The highest BCUT2D eigenvalue weighted by Crippen LogP contribution is 2.27. The summed E-state index contributed by atoms with van der Waals surface area (Å²) in [5, 5.41) is 0. The molecular formula is C10H16. The number of rotatable bonds is 1. The maximum atomic E-state index is 4.05. The average molecular weight is 136 g/mol. The standard InChI is InChI=1S/C10H16/c1-3-6-10-8-5-4-7-9(10)2/h6H,2-5,7-8H2,1H3/b10-6-. The van der Waals surface area contributed by atoms with Crippen molar-refractivity contribution in [2.24, 2.45) is 0 Å². The van der Waals surface area contributed by atoms with E-state index in [1.165, 1.54) is 36.8 Å². The van der Waals surface area contributed by atoms with Gasteiger partial charge in [-0.25, -0.2) is 0 Å². The van der Waals surface area contributed by atoms with Gasteiger partial charge in [0.05, 0.1) is 0 Å². The Bertz CT molecular complexity index is 151. The van der Waals surface area contributed by atoms with Crippen LogP contribution in [-0.4, -0.2) is 0 Å². The fourth-order valence-corrected chi connectivity index (χ4v) is 1.48. The smallest absolute Gasteiger partial charge is 0.0279 e. The van der Waals surface area contributed by atoms with Gasteiger partial charge in [0.2, 0.25) is 0 Å². The molecule has 0 atom stereocenters. The maximum absolute atomic E-state index is 4.05. The van der Waals surface area contributed by atoms with Crippen molar-refractivity contribution in [3.8, 4) is 0 Å². The van der Waals surface area contributed by atoms with E-state index in [1.807, 2.05) is 0 Å². The van der Waals surface area contributed by atoms with Gasteiger partial charge in [-0.15, -0.1) is 0 Å². The summed E-state index contributed by atoms with van der Waals surface area (Å²) in [6.45, 7) is 6.24. The fraction of sp³-hybridized carbons (Fsp3) is 0.600. The van der Waals surface area contributed by atoms with Gasteiger partial charge in [0.15, 0.2) is 0 Å². The van der Waals surface area contributed by atoms with Crippen molar-refractivity contribution in [2.75, 3.05) is 0 Å². The summed E-state index contributed by atoms with van der Waals surface area (Å²) in [4.78, 5) is 0. The van der Waals surface area contributed by atoms with Crippen molar-refractivity contribution in [1.29, 1.82) is 0 Å². The minimum atomic E-state index is 1.16. The van der Waals surface area contributed by atoms with Crippen LogP contribution in [0.3, 0.4) is 0 Å². The second-order valence-electron chi connectivity index (χ2n) is 2.95. The van der Waals surface area contributed by atoms with Gasteiger partial charge in [-0.05, 0) is 37.7 Å². The van der Waals surface area contributed by atoms with E-state index >= 15 is 0 Å². The van der Waals surface area contributed by atoms with Crippen LogP contribution in [-0.2, 0) is 0 Å². The predicted octanol–water partition coefficient (Wildman–Crippen LogP) is 3.45. The molecule has 0 aromatic rings. The molecule has 0 aromatic heterocycles.